The van der Waals surface area contributed by atoms with Gasteiger partial charge in [-0.2, -0.15) is 0 Å². The van der Waals surface area contributed by atoms with Gasteiger partial charge in [-0.3, -0.25) is 4.57 Å². The van der Waals surface area contributed by atoms with Gasteiger partial charge in [-0.15, -0.1) is 0 Å². The quantitative estimate of drug-likeness (QED) is 0.443. The summed E-state index contributed by atoms with van der Waals surface area (Å²) in [4.78, 5) is 0. The summed E-state index contributed by atoms with van der Waals surface area (Å²) in [7, 11) is 0.287. The van der Waals surface area contributed by atoms with Crippen LogP contribution < -0.4 is 0 Å². The van der Waals surface area contributed by atoms with Crippen LogP contribution in [0, 0.1) is 0 Å². The van der Waals surface area contributed by atoms with E-state index in [-0.39, 0.29) is 13.6 Å². The van der Waals surface area contributed by atoms with E-state index < -0.39 is 0 Å². The molecule has 10 heavy (non-hydrogen) atoms. The second-order valence-electron chi connectivity index (χ2n) is 3.36. The normalized spacial score (nSPS) is 12.3. The molecule has 60 valence electrons. The van der Waals surface area contributed by atoms with E-state index in [0.29, 0.717) is 0 Å². The largest absolute Gasteiger partial charge is 0.274 e. The molecule has 0 atom stereocenters. The van der Waals surface area contributed by atoms with Crippen LogP contribution in [0.25, 0.3) is 0 Å². The zero-order chi connectivity index (χ0) is 8.04. The summed E-state index contributed by atoms with van der Waals surface area (Å²) < 4.78 is 10.5. The lowest BCUT2D eigenvalue weighted by Crippen LogP contribution is -2.09. The van der Waals surface area contributed by atoms with Crippen molar-refractivity contribution in [2.75, 3.05) is 0 Å². The molecule has 0 spiro atoms. The van der Waals surface area contributed by atoms with E-state index >= 15 is 0 Å². The number of hydrogen-bond donors (Lipinski definition) is 0. The first kappa shape index (κ1) is 10.1. The van der Waals surface area contributed by atoms with Crippen LogP contribution in [0.2, 0.25) is 0 Å². The maximum atomic E-state index is 10.5. The molecule has 0 radical (unpaired) electrons. The molecule has 0 aromatic carbocycles. The molecule has 0 saturated carbocycles. The van der Waals surface area contributed by atoms with Crippen LogP contribution in [-0.4, -0.2) is 5.16 Å². The molecule has 0 aliphatic heterocycles. The molecule has 0 aliphatic rings. The first-order chi connectivity index (χ1) is 4.62. The van der Waals surface area contributed by atoms with Gasteiger partial charge in [-0.1, -0.05) is 26.2 Å². The summed E-state index contributed by atoms with van der Waals surface area (Å²) in [5.41, 5.74) is 0. The van der Waals surface area contributed by atoms with E-state index in [0.717, 1.165) is 6.42 Å². The van der Waals surface area contributed by atoms with E-state index in [9.17, 15) is 4.57 Å². The highest BCUT2D eigenvalue weighted by Gasteiger charge is 2.16. The van der Waals surface area contributed by atoms with Crippen molar-refractivity contribution in [3.8, 4) is 0 Å². The molecular weight excluding hydrogens is 143 g/mol. The van der Waals surface area contributed by atoms with Gasteiger partial charge < -0.3 is 0 Å². The molecule has 0 aromatic heterocycles. The predicted octanol–water partition coefficient (Wildman–Crippen LogP) is 3.64. The third-order valence-electron chi connectivity index (χ3n) is 1.64. The van der Waals surface area contributed by atoms with Gasteiger partial charge in [-0.25, -0.2) is 0 Å². The minimum absolute atomic E-state index is 0.00910. The SMILES string of the molecule is CCCCCC(C)(C)P=O. The maximum absolute atomic E-state index is 10.5. The molecule has 0 unspecified atom stereocenters. The summed E-state index contributed by atoms with van der Waals surface area (Å²) in [6.07, 6.45) is 4.79. The van der Waals surface area contributed by atoms with Gasteiger partial charge in [-0.05, 0) is 20.3 Å². The van der Waals surface area contributed by atoms with Crippen LogP contribution in [0.3, 0.4) is 0 Å². The lowest BCUT2D eigenvalue weighted by atomic mass is 10.0. The van der Waals surface area contributed by atoms with Crippen LogP contribution >= 0.6 is 8.46 Å². The van der Waals surface area contributed by atoms with E-state index in [2.05, 4.69) is 6.92 Å². The van der Waals surface area contributed by atoms with Crippen LogP contribution in [0.1, 0.15) is 46.5 Å². The molecule has 0 bridgehead atoms. The Morgan fingerprint density at radius 1 is 1.30 bits per heavy atom. The smallest absolute Gasteiger partial charge is 0.161 e. The van der Waals surface area contributed by atoms with E-state index in [4.69, 9.17) is 0 Å². The Hall–Kier alpha value is 0.100. The Kier molecular flexibility index (Phi) is 4.89. The molecule has 1 nitrogen and oxygen atoms in total. The molecule has 0 heterocycles. The van der Waals surface area contributed by atoms with Crippen molar-refractivity contribution in [3.05, 3.63) is 0 Å². The van der Waals surface area contributed by atoms with Gasteiger partial charge in [0, 0.05) is 5.16 Å². The predicted molar refractivity (Wildman–Crippen MR) is 45.8 cm³/mol. The lowest BCUT2D eigenvalue weighted by molar-refractivity contribution is 0.530. The molecule has 0 fully saturated rings. The molecule has 0 aliphatic carbocycles. The highest BCUT2D eigenvalue weighted by molar-refractivity contribution is 7.25. The average Bonchev–Trinajstić information content (AvgIpc) is 1.89. The molecule has 0 saturated heterocycles. The third kappa shape index (κ3) is 4.93. The first-order valence-corrected chi connectivity index (χ1v) is 4.78. The Morgan fingerprint density at radius 2 is 1.90 bits per heavy atom. The topological polar surface area (TPSA) is 17.1 Å². The number of hydrogen-bond acceptors (Lipinski definition) is 1. The summed E-state index contributed by atoms with van der Waals surface area (Å²) in [6, 6.07) is 0. The van der Waals surface area contributed by atoms with Crippen molar-refractivity contribution in [3.63, 3.8) is 0 Å². The highest BCUT2D eigenvalue weighted by atomic mass is 31.1. The Balaban J connectivity index is 3.37. The number of unbranched alkanes of at least 4 members (excludes halogenated alkanes) is 2. The fraction of sp³-hybridized carbons (Fsp3) is 1.00. The van der Waals surface area contributed by atoms with Crippen molar-refractivity contribution in [1.82, 2.24) is 0 Å². The minimum Gasteiger partial charge on any atom is -0.274 e. The summed E-state index contributed by atoms with van der Waals surface area (Å²) in [5.74, 6) is 0. The van der Waals surface area contributed by atoms with Gasteiger partial charge in [0.1, 0.15) is 0 Å². The Labute approximate surface area is 65.4 Å². The van der Waals surface area contributed by atoms with Crippen molar-refractivity contribution in [1.29, 1.82) is 0 Å². The standard InChI is InChI=1S/C8H17OP/c1-4-5-6-7-8(2,3)10-9/h4-7H2,1-3H3. The molecule has 0 amide bonds. The zero-order valence-corrected chi connectivity index (χ0v) is 8.08. The van der Waals surface area contributed by atoms with Crippen LogP contribution in [0.15, 0.2) is 0 Å². The molecule has 2 heteroatoms. The minimum atomic E-state index is 0.00910. The van der Waals surface area contributed by atoms with E-state index in [1.165, 1.54) is 19.3 Å². The molecular formula is C8H17OP. The maximum Gasteiger partial charge on any atom is 0.161 e. The Morgan fingerprint density at radius 3 is 2.30 bits per heavy atom. The van der Waals surface area contributed by atoms with Crippen molar-refractivity contribution in [2.45, 2.75) is 51.6 Å². The molecule has 0 rings (SSSR count). The average molecular weight is 160 g/mol. The van der Waals surface area contributed by atoms with Gasteiger partial charge in [0.2, 0.25) is 0 Å². The second kappa shape index (κ2) is 4.85. The summed E-state index contributed by atoms with van der Waals surface area (Å²) >= 11 is 0. The summed E-state index contributed by atoms with van der Waals surface area (Å²) in [6.45, 7) is 6.26. The second-order valence-corrected chi connectivity index (χ2v) is 4.75. The zero-order valence-electron chi connectivity index (χ0n) is 7.18. The third-order valence-corrected chi connectivity index (χ3v) is 2.36. The monoisotopic (exact) mass is 160 g/mol. The van der Waals surface area contributed by atoms with Crippen LogP contribution in [0.4, 0.5) is 0 Å². The first-order valence-electron chi connectivity index (χ1n) is 3.97. The highest BCUT2D eigenvalue weighted by Crippen LogP contribution is 2.27. The van der Waals surface area contributed by atoms with Crippen molar-refractivity contribution < 1.29 is 4.57 Å². The van der Waals surface area contributed by atoms with Crippen LogP contribution in [-0.2, 0) is 4.57 Å². The Bertz CT molecular complexity index is 99.4. The van der Waals surface area contributed by atoms with Gasteiger partial charge in [0.25, 0.3) is 0 Å². The fourth-order valence-electron chi connectivity index (χ4n) is 0.853. The molecule has 0 N–H and O–H groups in total. The van der Waals surface area contributed by atoms with Gasteiger partial charge in [0.15, 0.2) is 8.46 Å². The van der Waals surface area contributed by atoms with Crippen LogP contribution in [0.5, 0.6) is 0 Å². The number of rotatable bonds is 5. The molecule has 0 aromatic rings. The fourth-order valence-corrected chi connectivity index (χ4v) is 1.10. The van der Waals surface area contributed by atoms with Gasteiger partial charge in [0.05, 0.1) is 0 Å². The summed E-state index contributed by atoms with van der Waals surface area (Å²) in [5, 5.41) is 0.00910. The van der Waals surface area contributed by atoms with Gasteiger partial charge >= 0.3 is 0 Å². The van der Waals surface area contributed by atoms with E-state index in [1.807, 2.05) is 13.8 Å². The van der Waals surface area contributed by atoms with Crippen molar-refractivity contribution in [2.24, 2.45) is 0 Å². The van der Waals surface area contributed by atoms with E-state index in [1.54, 1.807) is 0 Å². The lowest BCUT2D eigenvalue weighted by Gasteiger charge is -2.13. The van der Waals surface area contributed by atoms with Crippen molar-refractivity contribution >= 4 is 8.46 Å².